The van der Waals surface area contributed by atoms with Gasteiger partial charge in [0.25, 0.3) is 0 Å². The Morgan fingerprint density at radius 3 is 2.19 bits per heavy atom. The van der Waals surface area contributed by atoms with E-state index in [-0.39, 0.29) is 5.75 Å². The van der Waals surface area contributed by atoms with Gasteiger partial charge in [0.15, 0.2) is 0 Å². The van der Waals surface area contributed by atoms with Crippen LogP contribution in [-0.2, 0) is 23.2 Å². The van der Waals surface area contributed by atoms with Crippen LogP contribution in [0.2, 0.25) is 0 Å². The van der Waals surface area contributed by atoms with E-state index in [1.165, 1.54) is 0 Å². The maximum Gasteiger partial charge on any atom is 0.310 e. The average Bonchev–Trinajstić information content (AvgIpc) is 3.14. The van der Waals surface area contributed by atoms with Crippen LogP contribution >= 0.6 is 0 Å². The second-order valence-electron chi connectivity index (χ2n) is 5.93. The maximum atomic E-state index is 12.3. The van der Waals surface area contributed by atoms with Gasteiger partial charge in [-0.25, -0.2) is 0 Å². The Kier molecular flexibility index (Phi) is 6.09. The SMILES string of the molecule is O=S(=O)(CCN(Cc1ccccc1)Cc1ccco1)Oc1ccccc1. The quantitative estimate of drug-likeness (QED) is 0.537. The van der Waals surface area contributed by atoms with Gasteiger partial charge >= 0.3 is 10.1 Å². The molecule has 1 heterocycles. The van der Waals surface area contributed by atoms with Gasteiger partial charge in [0.05, 0.1) is 18.6 Å². The summed E-state index contributed by atoms with van der Waals surface area (Å²) in [5.41, 5.74) is 1.11. The number of nitrogens with zero attached hydrogens (tertiary/aromatic N) is 1. The van der Waals surface area contributed by atoms with Crippen LogP contribution in [0.4, 0.5) is 0 Å². The summed E-state index contributed by atoms with van der Waals surface area (Å²) in [5, 5.41) is 0. The van der Waals surface area contributed by atoms with Gasteiger partial charge < -0.3 is 8.60 Å². The molecule has 26 heavy (non-hydrogen) atoms. The predicted octanol–water partition coefficient (Wildman–Crippen LogP) is 3.69. The molecule has 0 radical (unpaired) electrons. The van der Waals surface area contributed by atoms with E-state index in [0.29, 0.717) is 25.4 Å². The molecule has 0 amide bonds. The third-order valence-corrected chi connectivity index (χ3v) is 4.96. The highest BCUT2D eigenvalue weighted by Gasteiger charge is 2.17. The molecule has 5 nitrogen and oxygen atoms in total. The number of rotatable bonds is 9. The van der Waals surface area contributed by atoms with Crippen molar-refractivity contribution in [1.29, 1.82) is 0 Å². The van der Waals surface area contributed by atoms with Gasteiger partial charge in [-0.15, -0.1) is 0 Å². The van der Waals surface area contributed by atoms with Gasteiger partial charge in [-0.05, 0) is 29.8 Å². The molecule has 0 aliphatic carbocycles. The minimum absolute atomic E-state index is 0.102. The summed E-state index contributed by atoms with van der Waals surface area (Å²) in [4.78, 5) is 2.03. The lowest BCUT2D eigenvalue weighted by Gasteiger charge is -2.21. The summed E-state index contributed by atoms with van der Waals surface area (Å²) in [6, 6.07) is 22.2. The third-order valence-electron chi connectivity index (χ3n) is 3.83. The number of hydrogen-bond donors (Lipinski definition) is 0. The fourth-order valence-corrected chi connectivity index (χ4v) is 3.55. The van der Waals surface area contributed by atoms with E-state index < -0.39 is 10.1 Å². The summed E-state index contributed by atoms with van der Waals surface area (Å²) < 4.78 is 35.1. The highest BCUT2D eigenvalue weighted by atomic mass is 32.2. The lowest BCUT2D eigenvalue weighted by Crippen LogP contribution is -2.30. The lowest BCUT2D eigenvalue weighted by atomic mass is 10.2. The molecule has 0 atom stereocenters. The van der Waals surface area contributed by atoms with Crippen molar-refractivity contribution in [2.75, 3.05) is 12.3 Å². The Hall–Kier alpha value is -2.57. The second-order valence-corrected chi connectivity index (χ2v) is 7.62. The Bertz CT molecular complexity index is 878. The summed E-state index contributed by atoms with van der Waals surface area (Å²) in [7, 11) is -3.67. The molecule has 0 N–H and O–H groups in total. The van der Waals surface area contributed by atoms with E-state index in [9.17, 15) is 8.42 Å². The molecule has 0 bridgehead atoms. The molecule has 3 aromatic rings. The van der Waals surface area contributed by atoms with Crippen LogP contribution in [0.3, 0.4) is 0 Å². The van der Waals surface area contributed by atoms with Crippen molar-refractivity contribution in [2.45, 2.75) is 13.1 Å². The monoisotopic (exact) mass is 371 g/mol. The Labute approximate surface area is 154 Å². The molecule has 1 aromatic heterocycles. The smallest absolute Gasteiger partial charge is 0.310 e. The van der Waals surface area contributed by atoms with Gasteiger partial charge in [0.1, 0.15) is 11.5 Å². The fourth-order valence-electron chi connectivity index (χ4n) is 2.58. The number of benzene rings is 2. The zero-order valence-corrected chi connectivity index (χ0v) is 15.1. The van der Waals surface area contributed by atoms with E-state index in [1.807, 2.05) is 53.4 Å². The van der Waals surface area contributed by atoms with Crippen molar-refractivity contribution in [3.05, 3.63) is 90.4 Å². The number of furan rings is 1. The minimum Gasteiger partial charge on any atom is -0.468 e. The van der Waals surface area contributed by atoms with E-state index >= 15 is 0 Å². The largest absolute Gasteiger partial charge is 0.468 e. The first-order valence-corrected chi connectivity index (χ1v) is 9.94. The Balaban J connectivity index is 1.64. The van der Waals surface area contributed by atoms with Gasteiger partial charge in [-0.3, -0.25) is 4.90 Å². The summed E-state index contributed by atoms with van der Waals surface area (Å²) >= 11 is 0. The van der Waals surface area contributed by atoms with Gasteiger partial charge in [-0.2, -0.15) is 8.42 Å². The number of hydrogen-bond acceptors (Lipinski definition) is 5. The van der Waals surface area contributed by atoms with E-state index in [4.69, 9.17) is 8.60 Å². The zero-order chi connectivity index (χ0) is 18.2. The maximum absolute atomic E-state index is 12.3. The molecule has 6 heteroatoms. The standard InChI is InChI=1S/C20H21NO4S/c22-26(23,25-19-10-5-2-6-11-19)15-13-21(17-20-12-7-14-24-20)16-18-8-3-1-4-9-18/h1-12,14H,13,15-17H2. The molecule has 0 fully saturated rings. The van der Waals surface area contributed by atoms with Crippen molar-refractivity contribution >= 4 is 10.1 Å². The zero-order valence-electron chi connectivity index (χ0n) is 14.3. The molecular formula is C20H21NO4S. The molecule has 3 rings (SSSR count). The summed E-state index contributed by atoms with van der Waals surface area (Å²) in [5.74, 6) is 1.02. The van der Waals surface area contributed by atoms with Crippen LogP contribution in [0.15, 0.2) is 83.5 Å². The van der Waals surface area contributed by atoms with Crippen molar-refractivity contribution in [3.8, 4) is 5.75 Å². The van der Waals surface area contributed by atoms with E-state index in [0.717, 1.165) is 11.3 Å². The minimum atomic E-state index is -3.67. The summed E-state index contributed by atoms with van der Waals surface area (Å²) in [6.45, 7) is 1.50. The average molecular weight is 371 g/mol. The highest BCUT2D eigenvalue weighted by molar-refractivity contribution is 7.87. The summed E-state index contributed by atoms with van der Waals surface area (Å²) in [6.07, 6.45) is 1.62. The Morgan fingerprint density at radius 1 is 0.846 bits per heavy atom. The molecule has 0 unspecified atom stereocenters. The molecule has 0 saturated carbocycles. The molecule has 136 valence electrons. The first kappa shape index (κ1) is 18.2. The molecule has 0 aliphatic heterocycles. The van der Waals surface area contributed by atoms with E-state index in [2.05, 4.69) is 0 Å². The van der Waals surface area contributed by atoms with Crippen molar-refractivity contribution in [2.24, 2.45) is 0 Å². The number of para-hydroxylation sites is 1. The fraction of sp³-hybridized carbons (Fsp3) is 0.200. The molecular weight excluding hydrogens is 350 g/mol. The Morgan fingerprint density at radius 2 is 1.54 bits per heavy atom. The van der Waals surface area contributed by atoms with Gasteiger partial charge in [0, 0.05) is 13.1 Å². The van der Waals surface area contributed by atoms with Crippen LogP contribution in [0.5, 0.6) is 5.75 Å². The van der Waals surface area contributed by atoms with Crippen LogP contribution in [-0.4, -0.2) is 25.6 Å². The second kappa shape index (κ2) is 8.69. The predicted molar refractivity (Wildman–Crippen MR) is 100 cm³/mol. The van der Waals surface area contributed by atoms with Gasteiger partial charge in [0.2, 0.25) is 0 Å². The molecule has 0 aliphatic rings. The normalized spacial score (nSPS) is 11.6. The highest BCUT2D eigenvalue weighted by Crippen LogP contribution is 2.14. The van der Waals surface area contributed by atoms with Crippen LogP contribution in [0.1, 0.15) is 11.3 Å². The molecule has 2 aromatic carbocycles. The van der Waals surface area contributed by atoms with Crippen molar-refractivity contribution in [3.63, 3.8) is 0 Å². The lowest BCUT2D eigenvalue weighted by molar-refractivity contribution is 0.247. The van der Waals surface area contributed by atoms with Crippen LogP contribution in [0.25, 0.3) is 0 Å². The van der Waals surface area contributed by atoms with Crippen molar-refractivity contribution < 1.29 is 17.0 Å². The third kappa shape index (κ3) is 5.75. The van der Waals surface area contributed by atoms with Gasteiger partial charge in [-0.1, -0.05) is 48.5 Å². The first-order valence-electron chi connectivity index (χ1n) is 8.37. The van der Waals surface area contributed by atoms with Crippen LogP contribution < -0.4 is 4.18 Å². The molecule has 0 saturated heterocycles. The van der Waals surface area contributed by atoms with E-state index in [1.54, 1.807) is 30.5 Å². The first-order chi connectivity index (χ1) is 12.6. The van der Waals surface area contributed by atoms with Crippen molar-refractivity contribution in [1.82, 2.24) is 4.90 Å². The topological polar surface area (TPSA) is 59.8 Å². The molecule has 0 spiro atoms. The van der Waals surface area contributed by atoms with Crippen LogP contribution in [0, 0.1) is 0 Å².